The number of benzene rings is 1. The molecule has 1 aromatic heterocycles. The van der Waals surface area contributed by atoms with Gasteiger partial charge in [-0.15, -0.1) is 0 Å². The highest BCUT2D eigenvalue weighted by molar-refractivity contribution is 7.89. The highest BCUT2D eigenvalue weighted by Crippen LogP contribution is 2.24. The highest BCUT2D eigenvalue weighted by atomic mass is 32.2. The number of hydrogen-bond donors (Lipinski definition) is 0. The van der Waals surface area contributed by atoms with E-state index in [1.165, 1.54) is 4.31 Å². The van der Waals surface area contributed by atoms with Crippen molar-refractivity contribution in [3.05, 3.63) is 41.8 Å². The predicted octanol–water partition coefficient (Wildman–Crippen LogP) is 1.98. The van der Waals surface area contributed by atoms with Crippen LogP contribution in [-0.4, -0.2) is 61.5 Å². The van der Waals surface area contributed by atoms with Crippen LogP contribution in [0.25, 0.3) is 0 Å². The molecular formula is C19H25N3O5S. The molecule has 28 heavy (non-hydrogen) atoms. The second kappa shape index (κ2) is 8.74. The molecule has 0 spiro atoms. The number of aryl methyl sites for hydroxylation is 2. The van der Waals surface area contributed by atoms with Gasteiger partial charge in [0.1, 0.15) is 16.3 Å². The number of amides is 1. The van der Waals surface area contributed by atoms with E-state index in [0.29, 0.717) is 38.2 Å². The molecule has 0 atom stereocenters. The van der Waals surface area contributed by atoms with Crippen LogP contribution < -0.4 is 4.74 Å². The van der Waals surface area contributed by atoms with E-state index in [1.54, 1.807) is 18.7 Å². The molecule has 1 aliphatic heterocycles. The summed E-state index contributed by atoms with van der Waals surface area (Å²) in [5.74, 6) is 1.09. The van der Waals surface area contributed by atoms with Crippen molar-refractivity contribution in [3.63, 3.8) is 0 Å². The first-order chi connectivity index (χ1) is 13.4. The van der Waals surface area contributed by atoms with Crippen LogP contribution in [0.2, 0.25) is 0 Å². The van der Waals surface area contributed by atoms with Gasteiger partial charge in [-0.1, -0.05) is 23.4 Å². The first-order valence-corrected chi connectivity index (χ1v) is 10.7. The zero-order valence-electron chi connectivity index (χ0n) is 16.1. The largest absolute Gasteiger partial charge is 0.494 e. The number of carbonyl (C=O) groups is 1. The molecule has 0 N–H and O–H groups in total. The number of nitrogens with zero attached hydrogens (tertiary/aromatic N) is 3. The van der Waals surface area contributed by atoms with Crippen LogP contribution in [0.4, 0.5) is 0 Å². The van der Waals surface area contributed by atoms with Crippen LogP contribution in [0, 0.1) is 13.8 Å². The van der Waals surface area contributed by atoms with Crippen LogP contribution in [0.3, 0.4) is 0 Å². The van der Waals surface area contributed by atoms with Crippen LogP contribution in [-0.2, 0) is 14.8 Å². The summed E-state index contributed by atoms with van der Waals surface area (Å²) in [6, 6.07) is 9.47. The summed E-state index contributed by atoms with van der Waals surface area (Å²) in [6.45, 7) is 4.94. The van der Waals surface area contributed by atoms with Crippen molar-refractivity contribution in [2.45, 2.75) is 31.6 Å². The van der Waals surface area contributed by atoms with Gasteiger partial charge in [0, 0.05) is 32.6 Å². The van der Waals surface area contributed by atoms with Gasteiger partial charge in [0.15, 0.2) is 5.76 Å². The van der Waals surface area contributed by atoms with Gasteiger partial charge in [0.2, 0.25) is 15.9 Å². The fourth-order valence-electron chi connectivity index (χ4n) is 3.24. The van der Waals surface area contributed by atoms with Gasteiger partial charge in [0.05, 0.1) is 6.61 Å². The number of carbonyl (C=O) groups excluding carboxylic acids is 1. The Morgan fingerprint density at radius 1 is 1.14 bits per heavy atom. The van der Waals surface area contributed by atoms with Crippen LogP contribution in [0.1, 0.15) is 24.3 Å². The molecule has 3 rings (SSSR count). The Balaban J connectivity index is 1.46. The van der Waals surface area contributed by atoms with Crippen molar-refractivity contribution >= 4 is 15.9 Å². The minimum atomic E-state index is -3.66. The minimum absolute atomic E-state index is 0.0195. The molecule has 0 saturated carbocycles. The zero-order chi connectivity index (χ0) is 20.1. The molecule has 1 aromatic carbocycles. The van der Waals surface area contributed by atoms with Crippen molar-refractivity contribution in [1.29, 1.82) is 0 Å². The maximum Gasteiger partial charge on any atom is 0.248 e. The Morgan fingerprint density at radius 2 is 1.82 bits per heavy atom. The molecule has 152 valence electrons. The number of ether oxygens (including phenoxy) is 1. The van der Waals surface area contributed by atoms with E-state index in [9.17, 15) is 13.2 Å². The molecule has 0 bridgehead atoms. The SMILES string of the molecule is Cc1noc(C)c1S(=O)(=O)N1CCN(C(=O)CCCOc2ccccc2)CC1. The predicted molar refractivity (Wildman–Crippen MR) is 102 cm³/mol. The van der Waals surface area contributed by atoms with Crippen molar-refractivity contribution in [3.8, 4) is 5.75 Å². The molecule has 1 saturated heterocycles. The molecule has 0 radical (unpaired) electrons. The number of para-hydroxylation sites is 1. The maximum atomic E-state index is 12.8. The minimum Gasteiger partial charge on any atom is -0.494 e. The summed E-state index contributed by atoms with van der Waals surface area (Å²) in [5.41, 5.74) is 0.356. The molecule has 0 aliphatic carbocycles. The average molecular weight is 407 g/mol. The molecule has 2 aromatic rings. The third kappa shape index (κ3) is 4.53. The second-order valence-electron chi connectivity index (χ2n) is 6.70. The Morgan fingerprint density at radius 3 is 2.43 bits per heavy atom. The summed E-state index contributed by atoms with van der Waals surface area (Å²) in [6.07, 6.45) is 0.995. The lowest BCUT2D eigenvalue weighted by atomic mass is 10.2. The molecule has 0 unspecified atom stereocenters. The lowest BCUT2D eigenvalue weighted by Crippen LogP contribution is -2.50. The van der Waals surface area contributed by atoms with Gasteiger partial charge in [0.25, 0.3) is 0 Å². The Kier molecular flexibility index (Phi) is 6.35. The zero-order valence-corrected chi connectivity index (χ0v) is 16.9. The van der Waals surface area contributed by atoms with Gasteiger partial charge in [-0.25, -0.2) is 8.42 Å². The normalized spacial score (nSPS) is 15.6. The van der Waals surface area contributed by atoms with Crippen molar-refractivity contribution in [2.75, 3.05) is 32.8 Å². The van der Waals surface area contributed by atoms with Gasteiger partial charge in [-0.05, 0) is 32.4 Å². The molecule has 1 fully saturated rings. The lowest BCUT2D eigenvalue weighted by molar-refractivity contribution is -0.132. The topological polar surface area (TPSA) is 93.0 Å². The van der Waals surface area contributed by atoms with Gasteiger partial charge < -0.3 is 14.2 Å². The number of rotatable bonds is 7. The Hall–Kier alpha value is -2.39. The third-order valence-corrected chi connectivity index (χ3v) is 6.85. The van der Waals surface area contributed by atoms with Crippen molar-refractivity contribution in [1.82, 2.24) is 14.4 Å². The molecule has 1 amide bonds. The number of piperazine rings is 1. The van der Waals surface area contributed by atoms with E-state index in [1.807, 2.05) is 30.3 Å². The maximum absolute atomic E-state index is 12.8. The Bertz CT molecular complexity index is 883. The number of aromatic nitrogens is 1. The molecule has 1 aliphatic rings. The smallest absolute Gasteiger partial charge is 0.248 e. The summed E-state index contributed by atoms with van der Waals surface area (Å²) in [4.78, 5) is 14.2. The van der Waals surface area contributed by atoms with E-state index >= 15 is 0 Å². The van der Waals surface area contributed by atoms with Crippen LogP contribution in [0.5, 0.6) is 5.75 Å². The van der Waals surface area contributed by atoms with Gasteiger partial charge in [-0.3, -0.25) is 4.79 Å². The number of sulfonamides is 1. The first kappa shape index (κ1) is 20.3. The standard InChI is InChI=1S/C19H25N3O5S/c1-15-19(16(2)27-20-15)28(24,25)22-12-10-21(11-13-22)18(23)9-6-14-26-17-7-4-3-5-8-17/h3-5,7-8H,6,9-14H2,1-2H3. The molecule has 9 heteroatoms. The monoisotopic (exact) mass is 407 g/mol. The molecule has 2 heterocycles. The highest BCUT2D eigenvalue weighted by Gasteiger charge is 2.34. The first-order valence-electron chi connectivity index (χ1n) is 9.28. The van der Waals surface area contributed by atoms with Gasteiger partial charge >= 0.3 is 0 Å². The van der Waals surface area contributed by atoms with E-state index in [0.717, 1.165) is 5.75 Å². The van der Waals surface area contributed by atoms with E-state index in [2.05, 4.69) is 5.16 Å². The molecule has 8 nitrogen and oxygen atoms in total. The van der Waals surface area contributed by atoms with E-state index < -0.39 is 10.0 Å². The summed E-state index contributed by atoms with van der Waals surface area (Å²) >= 11 is 0. The third-order valence-electron chi connectivity index (χ3n) is 4.70. The van der Waals surface area contributed by atoms with Crippen molar-refractivity contribution < 1.29 is 22.5 Å². The molecular weight excluding hydrogens is 382 g/mol. The van der Waals surface area contributed by atoms with Crippen LogP contribution in [0.15, 0.2) is 39.8 Å². The Labute approximate surface area is 165 Å². The number of hydrogen-bond acceptors (Lipinski definition) is 6. The summed E-state index contributed by atoms with van der Waals surface area (Å²) in [7, 11) is -3.66. The fourth-order valence-corrected chi connectivity index (χ4v) is 4.95. The lowest BCUT2D eigenvalue weighted by Gasteiger charge is -2.34. The fraction of sp³-hybridized carbons (Fsp3) is 0.474. The van der Waals surface area contributed by atoms with Crippen LogP contribution >= 0.6 is 0 Å². The average Bonchev–Trinajstić information content (AvgIpc) is 3.05. The van der Waals surface area contributed by atoms with E-state index in [4.69, 9.17) is 9.26 Å². The second-order valence-corrected chi connectivity index (χ2v) is 8.58. The quantitative estimate of drug-likeness (QED) is 0.652. The van der Waals surface area contributed by atoms with Crippen molar-refractivity contribution in [2.24, 2.45) is 0 Å². The van der Waals surface area contributed by atoms with Gasteiger partial charge in [-0.2, -0.15) is 4.31 Å². The summed E-state index contributed by atoms with van der Waals surface area (Å²) in [5, 5.41) is 3.73. The summed E-state index contributed by atoms with van der Waals surface area (Å²) < 4.78 is 37.6. The van der Waals surface area contributed by atoms with E-state index in [-0.39, 0.29) is 29.7 Å².